The van der Waals surface area contributed by atoms with E-state index in [4.69, 9.17) is 25.7 Å². The molecule has 0 aromatic heterocycles. The van der Waals surface area contributed by atoms with Gasteiger partial charge in [0.25, 0.3) is 0 Å². The van der Waals surface area contributed by atoms with Crippen LogP contribution >= 0.6 is 0 Å². The first kappa shape index (κ1) is 15.6. The second-order valence-electron chi connectivity index (χ2n) is 4.65. The highest BCUT2D eigenvalue weighted by Crippen LogP contribution is 2.40. The fraction of sp³-hybridized carbons (Fsp3) is 0.176. The molecule has 0 spiro atoms. The van der Waals surface area contributed by atoms with E-state index in [1.165, 1.54) is 0 Å². The van der Waals surface area contributed by atoms with Crippen molar-refractivity contribution < 1.29 is 14.2 Å². The SMILES string of the molecule is COc1ccc(/C=C/c2ccc(N)c(N)c2)c(OC)c1OC. The summed E-state index contributed by atoms with van der Waals surface area (Å²) in [6.07, 6.45) is 3.85. The van der Waals surface area contributed by atoms with E-state index in [1.807, 2.05) is 36.4 Å². The number of nitrogen functional groups attached to an aromatic ring is 2. The lowest BCUT2D eigenvalue weighted by Crippen LogP contribution is -1.96. The molecule has 0 bridgehead atoms. The van der Waals surface area contributed by atoms with Gasteiger partial charge in [-0.2, -0.15) is 0 Å². The van der Waals surface area contributed by atoms with E-state index in [0.717, 1.165) is 11.1 Å². The van der Waals surface area contributed by atoms with Gasteiger partial charge in [-0.3, -0.25) is 0 Å². The van der Waals surface area contributed by atoms with Crippen molar-refractivity contribution in [1.82, 2.24) is 0 Å². The van der Waals surface area contributed by atoms with E-state index in [2.05, 4.69) is 0 Å². The maximum atomic E-state index is 5.81. The summed E-state index contributed by atoms with van der Waals surface area (Å²) in [5.74, 6) is 1.79. The summed E-state index contributed by atoms with van der Waals surface area (Å²) in [5, 5.41) is 0. The fourth-order valence-corrected chi connectivity index (χ4v) is 2.14. The number of hydrogen-bond donors (Lipinski definition) is 2. The summed E-state index contributed by atoms with van der Waals surface area (Å²) in [4.78, 5) is 0. The highest BCUT2D eigenvalue weighted by molar-refractivity contribution is 5.78. The number of methoxy groups -OCH3 is 3. The topological polar surface area (TPSA) is 79.7 Å². The normalized spacial score (nSPS) is 10.7. The summed E-state index contributed by atoms with van der Waals surface area (Å²) in [5.41, 5.74) is 14.5. The van der Waals surface area contributed by atoms with Crippen LogP contribution in [-0.2, 0) is 0 Å². The van der Waals surface area contributed by atoms with E-state index in [9.17, 15) is 0 Å². The molecular formula is C17H20N2O3. The van der Waals surface area contributed by atoms with Crippen molar-refractivity contribution >= 4 is 23.5 Å². The minimum atomic E-state index is 0.557. The molecule has 0 amide bonds. The molecule has 0 aliphatic heterocycles. The van der Waals surface area contributed by atoms with Crippen LogP contribution in [0.5, 0.6) is 17.2 Å². The number of benzene rings is 2. The first-order valence-corrected chi connectivity index (χ1v) is 6.72. The van der Waals surface area contributed by atoms with Crippen molar-refractivity contribution in [2.24, 2.45) is 0 Å². The van der Waals surface area contributed by atoms with Crippen molar-refractivity contribution in [2.75, 3.05) is 32.8 Å². The Hall–Kier alpha value is -2.82. The van der Waals surface area contributed by atoms with Gasteiger partial charge in [-0.15, -0.1) is 0 Å². The first-order valence-electron chi connectivity index (χ1n) is 6.72. The number of rotatable bonds is 5. The summed E-state index contributed by atoms with van der Waals surface area (Å²) in [7, 11) is 4.76. The average Bonchev–Trinajstić information content (AvgIpc) is 2.54. The molecule has 0 fully saturated rings. The van der Waals surface area contributed by atoms with Gasteiger partial charge < -0.3 is 25.7 Å². The van der Waals surface area contributed by atoms with E-state index >= 15 is 0 Å². The van der Waals surface area contributed by atoms with Gasteiger partial charge in [0.1, 0.15) is 0 Å². The standard InChI is InChI=1S/C17H20N2O3/c1-20-15-9-7-12(16(21-2)17(15)22-3)6-4-11-5-8-13(18)14(19)10-11/h4-10H,18-19H2,1-3H3/b6-4+. The average molecular weight is 300 g/mol. The van der Waals surface area contributed by atoms with Crippen LogP contribution in [0.15, 0.2) is 30.3 Å². The molecule has 0 saturated heterocycles. The van der Waals surface area contributed by atoms with Crippen LogP contribution in [0.1, 0.15) is 11.1 Å². The quantitative estimate of drug-likeness (QED) is 0.655. The Kier molecular flexibility index (Phi) is 4.78. The molecule has 22 heavy (non-hydrogen) atoms. The molecule has 2 rings (SSSR count). The predicted molar refractivity (Wildman–Crippen MR) is 90.3 cm³/mol. The first-order chi connectivity index (χ1) is 10.6. The zero-order chi connectivity index (χ0) is 16.1. The van der Waals surface area contributed by atoms with Gasteiger partial charge in [0.05, 0.1) is 32.7 Å². The Labute approximate surface area is 130 Å². The zero-order valence-electron chi connectivity index (χ0n) is 12.9. The van der Waals surface area contributed by atoms with Gasteiger partial charge in [-0.25, -0.2) is 0 Å². The van der Waals surface area contributed by atoms with Crippen LogP contribution in [0.2, 0.25) is 0 Å². The molecule has 116 valence electrons. The minimum absolute atomic E-state index is 0.557. The third-order valence-corrected chi connectivity index (χ3v) is 3.30. The smallest absolute Gasteiger partial charge is 0.203 e. The summed E-state index contributed by atoms with van der Waals surface area (Å²) < 4.78 is 16.1. The molecule has 5 nitrogen and oxygen atoms in total. The van der Waals surface area contributed by atoms with Crippen LogP contribution in [0.4, 0.5) is 11.4 Å². The molecule has 0 saturated carbocycles. The van der Waals surface area contributed by atoms with Gasteiger partial charge in [0.15, 0.2) is 11.5 Å². The molecule has 0 radical (unpaired) electrons. The molecule has 2 aromatic rings. The zero-order valence-corrected chi connectivity index (χ0v) is 12.9. The fourth-order valence-electron chi connectivity index (χ4n) is 2.14. The Balaban J connectivity index is 2.40. The highest BCUT2D eigenvalue weighted by Gasteiger charge is 2.13. The van der Waals surface area contributed by atoms with E-state index in [-0.39, 0.29) is 0 Å². The van der Waals surface area contributed by atoms with Gasteiger partial charge in [0.2, 0.25) is 5.75 Å². The predicted octanol–water partition coefficient (Wildman–Crippen LogP) is 3.05. The van der Waals surface area contributed by atoms with Crippen LogP contribution in [0, 0.1) is 0 Å². The second-order valence-corrected chi connectivity index (χ2v) is 4.65. The third-order valence-electron chi connectivity index (χ3n) is 3.30. The Morgan fingerprint density at radius 2 is 1.50 bits per heavy atom. The van der Waals surface area contributed by atoms with E-state index in [1.54, 1.807) is 27.4 Å². The van der Waals surface area contributed by atoms with Crippen molar-refractivity contribution in [1.29, 1.82) is 0 Å². The molecule has 2 aromatic carbocycles. The van der Waals surface area contributed by atoms with E-state index in [0.29, 0.717) is 28.6 Å². The Morgan fingerprint density at radius 3 is 2.09 bits per heavy atom. The number of hydrogen-bond acceptors (Lipinski definition) is 5. The van der Waals surface area contributed by atoms with Crippen molar-refractivity contribution in [2.45, 2.75) is 0 Å². The van der Waals surface area contributed by atoms with E-state index < -0.39 is 0 Å². The molecule has 0 aliphatic carbocycles. The molecule has 5 heteroatoms. The molecule has 0 atom stereocenters. The van der Waals surface area contributed by atoms with Gasteiger partial charge >= 0.3 is 0 Å². The Bertz CT molecular complexity index is 697. The van der Waals surface area contributed by atoms with Gasteiger partial charge in [0, 0.05) is 5.56 Å². The number of ether oxygens (including phenoxy) is 3. The van der Waals surface area contributed by atoms with Crippen molar-refractivity contribution in [3.05, 3.63) is 41.5 Å². The summed E-state index contributed by atoms with van der Waals surface area (Å²) in [6, 6.07) is 9.23. The molecule has 0 heterocycles. The lowest BCUT2D eigenvalue weighted by atomic mass is 10.1. The highest BCUT2D eigenvalue weighted by atomic mass is 16.5. The van der Waals surface area contributed by atoms with Gasteiger partial charge in [-0.05, 0) is 29.8 Å². The van der Waals surface area contributed by atoms with Crippen LogP contribution in [-0.4, -0.2) is 21.3 Å². The third kappa shape index (κ3) is 3.09. The van der Waals surface area contributed by atoms with Crippen LogP contribution in [0.25, 0.3) is 12.2 Å². The van der Waals surface area contributed by atoms with Crippen LogP contribution < -0.4 is 25.7 Å². The van der Waals surface area contributed by atoms with Crippen molar-refractivity contribution in [3.63, 3.8) is 0 Å². The molecule has 0 aliphatic rings. The monoisotopic (exact) mass is 300 g/mol. The largest absolute Gasteiger partial charge is 0.493 e. The van der Waals surface area contributed by atoms with Crippen molar-refractivity contribution in [3.8, 4) is 17.2 Å². The van der Waals surface area contributed by atoms with Crippen LogP contribution in [0.3, 0.4) is 0 Å². The molecular weight excluding hydrogens is 280 g/mol. The lowest BCUT2D eigenvalue weighted by Gasteiger charge is -2.14. The Morgan fingerprint density at radius 1 is 0.773 bits per heavy atom. The number of nitrogens with two attached hydrogens (primary N) is 2. The second kappa shape index (κ2) is 6.76. The van der Waals surface area contributed by atoms with Gasteiger partial charge in [-0.1, -0.05) is 18.2 Å². The number of anilines is 2. The maximum absolute atomic E-state index is 5.81. The molecule has 4 N–H and O–H groups in total. The summed E-state index contributed by atoms with van der Waals surface area (Å²) in [6.45, 7) is 0. The molecule has 0 unspecified atom stereocenters. The lowest BCUT2D eigenvalue weighted by molar-refractivity contribution is 0.324. The minimum Gasteiger partial charge on any atom is -0.493 e. The summed E-state index contributed by atoms with van der Waals surface area (Å²) >= 11 is 0. The maximum Gasteiger partial charge on any atom is 0.203 e.